The van der Waals surface area contributed by atoms with E-state index in [9.17, 15) is 14.4 Å². The molecule has 6 nitrogen and oxygen atoms in total. The predicted molar refractivity (Wildman–Crippen MR) is 120 cm³/mol. The summed E-state index contributed by atoms with van der Waals surface area (Å²) < 4.78 is 0. The van der Waals surface area contributed by atoms with Crippen LogP contribution in [0.4, 0.5) is 17.1 Å². The summed E-state index contributed by atoms with van der Waals surface area (Å²) in [4.78, 5) is 42.0. The summed E-state index contributed by atoms with van der Waals surface area (Å²) in [5, 5.41) is 2.92. The molecule has 1 N–H and O–H groups in total. The quantitative estimate of drug-likeness (QED) is 0.745. The SMILES string of the molecule is CCC(=O)N1CCc2cc(N3C[C@@H](C(=O)Nc4ccc(SC)cc4)CC3=O)ccc21. The molecule has 7 heteroatoms. The first-order chi connectivity index (χ1) is 14.5. The first-order valence-corrected chi connectivity index (χ1v) is 11.4. The monoisotopic (exact) mass is 423 g/mol. The molecule has 0 saturated carbocycles. The summed E-state index contributed by atoms with van der Waals surface area (Å²) in [7, 11) is 0. The van der Waals surface area contributed by atoms with Crippen molar-refractivity contribution in [3.05, 3.63) is 48.0 Å². The summed E-state index contributed by atoms with van der Waals surface area (Å²) in [5.74, 6) is -0.457. The van der Waals surface area contributed by atoms with Crippen LogP contribution in [0.2, 0.25) is 0 Å². The second-order valence-corrected chi connectivity index (χ2v) is 8.46. The minimum atomic E-state index is -0.385. The molecular formula is C23H25N3O3S. The van der Waals surface area contributed by atoms with Crippen LogP contribution < -0.4 is 15.1 Å². The number of hydrogen-bond donors (Lipinski definition) is 1. The van der Waals surface area contributed by atoms with Crippen LogP contribution in [0.25, 0.3) is 0 Å². The third-order valence-corrected chi connectivity index (χ3v) is 6.47. The molecular weight excluding hydrogens is 398 g/mol. The predicted octanol–water partition coefficient (Wildman–Crippen LogP) is 3.70. The maximum Gasteiger partial charge on any atom is 0.229 e. The van der Waals surface area contributed by atoms with Gasteiger partial charge in [0.1, 0.15) is 0 Å². The molecule has 1 atom stereocenters. The van der Waals surface area contributed by atoms with Crippen LogP contribution in [0.5, 0.6) is 0 Å². The number of anilines is 3. The number of rotatable bonds is 5. The molecule has 1 saturated heterocycles. The zero-order valence-corrected chi connectivity index (χ0v) is 18.0. The molecule has 0 bridgehead atoms. The van der Waals surface area contributed by atoms with Gasteiger partial charge < -0.3 is 15.1 Å². The number of fused-ring (bicyclic) bond motifs is 1. The Kier molecular flexibility index (Phi) is 5.81. The standard InChI is InChI=1S/C23H25N3O3S/c1-3-21(27)25-11-10-15-12-18(6-9-20(15)25)26-14-16(13-22(26)28)23(29)24-17-4-7-19(30-2)8-5-17/h4-9,12,16H,3,10-11,13-14H2,1-2H3,(H,24,29)/t16-/m0/s1. The number of carbonyl (C=O) groups excluding carboxylic acids is 3. The highest BCUT2D eigenvalue weighted by atomic mass is 32.2. The van der Waals surface area contributed by atoms with Crippen molar-refractivity contribution in [2.75, 3.05) is 34.5 Å². The average Bonchev–Trinajstić information content (AvgIpc) is 3.36. The molecule has 0 unspecified atom stereocenters. The maximum absolute atomic E-state index is 12.7. The number of amides is 3. The molecule has 0 radical (unpaired) electrons. The van der Waals surface area contributed by atoms with Crippen molar-refractivity contribution in [1.82, 2.24) is 0 Å². The van der Waals surface area contributed by atoms with Crippen LogP contribution in [0.3, 0.4) is 0 Å². The molecule has 3 amide bonds. The molecule has 0 aromatic heterocycles. The van der Waals surface area contributed by atoms with E-state index in [-0.39, 0.29) is 30.1 Å². The van der Waals surface area contributed by atoms with Gasteiger partial charge in [-0.3, -0.25) is 14.4 Å². The van der Waals surface area contributed by atoms with E-state index in [0.717, 1.165) is 33.9 Å². The van der Waals surface area contributed by atoms with E-state index in [1.807, 2.05) is 60.5 Å². The molecule has 1 fully saturated rings. The number of benzene rings is 2. The zero-order valence-electron chi connectivity index (χ0n) is 17.2. The van der Waals surface area contributed by atoms with Gasteiger partial charge >= 0.3 is 0 Å². The van der Waals surface area contributed by atoms with E-state index in [1.54, 1.807) is 16.7 Å². The zero-order chi connectivity index (χ0) is 21.3. The Morgan fingerprint density at radius 3 is 2.63 bits per heavy atom. The van der Waals surface area contributed by atoms with E-state index in [4.69, 9.17) is 0 Å². The summed E-state index contributed by atoms with van der Waals surface area (Å²) in [6, 6.07) is 13.5. The summed E-state index contributed by atoms with van der Waals surface area (Å²) in [5.41, 5.74) is 3.54. The van der Waals surface area contributed by atoms with Crippen molar-refractivity contribution >= 4 is 46.5 Å². The highest BCUT2D eigenvalue weighted by Gasteiger charge is 2.36. The molecule has 2 heterocycles. The van der Waals surface area contributed by atoms with Gasteiger partial charge in [-0.25, -0.2) is 0 Å². The normalized spacial score (nSPS) is 17.9. The van der Waals surface area contributed by atoms with Crippen molar-refractivity contribution < 1.29 is 14.4 Å². The van der Waals surface area contributed by atoms with Crippen molar-refractivity contribution in [3.63, 3.8) is 0 Å². The van der Waals surface area contributed by atoms with Gasteiger partial charge in [0.25, 0.3) is 0 Å². The van der Waals surface area contributed by atoms with Gasteiger partial charge in [0.05, 0.1) is 5.92 Å². The summed E-state index contributed by atoms with van der Waals surface area (Å²) in [6.45, 7) is 2.91. The van der Waals surface area contributed by atoms with Crippen LogP contribution in [-0.4, -0.2) is 37.1 Å². The molecule has 2 aromatic carbocycles. The van der Waals surface area contributed by atoms with Crippen molar-refractivity contribution in [3.8, 4) is 0 Å². The fourth-order valence-electron chi connectivity index (χ4n) is 4.06. The lowest BCUT2D eigenvalue weighted by Crippen LogP contribution is -2.28. The van der Waals surface area contributed by atoms with Gasteiger partial charge in [-0.2, -0.15) is 0 Å². The second kappa shape index (κ2) is 8.52. The van der Waals surface area contributed by atoms with Crippen LogP contribution in [0.1, 0.15) is 25.3 Å². The van der Waals surface area contributed by atoms with E-state index in [0.29, 0.717) is 19.5 Å². The fourth-order valence-corrected chi connectivity index (χ4v) is 4.47. The Balaban J connectivity index is 1.44. The summed E-state index contributed by atoms with van der Waals surface area (Å²) in [6.07, 6.45) is 3.46. The smallest absolute Gasteiger partial charge is 0.229 e. The minimum Gasteiger partial charge on any atom is -0.326 e. The van der Waals surface area contributed by atoms with E-state index >= 15 is 0 Å². The van der Waals surface area contributed by atoms with Gasteiger partial charge in [-0.05, 0) is 60.7 Å². The van der Waals surface area contributed by atoms with Gasteiger partial charge in [0.15, 0.2) is 0 Å². The van der Waals surface area contributed by atoms with Crippen molar-refractivity contribution in [2.24, 2.45) is 5.92 Å². The molecule has 0 aliphatic carbocycles. The largest absolute Gasteiger partial charge is 0.326 e. The minimum absolute atomic E-state index is 0.0488. The first kappa shape index (κ1) is 20.5. The highest BCUT2D eigenvalue weighted by Crippen LogP contribution is 2.34. The Hall–Kier alpha value is -2.80. The molecule has 0 spiro atoms. The number of nitrogens with one attached hydrogen (secondary N) is 1. The van der Waals surface area contributed by atoms with Gasteiger partial charge in [0.2, 0.25) is 17.7 Å². The molecule has 2 aliphatic heterocycles. The van der Waals surface area contributed by atoms with Crippen LogP contribution in [0, 0.1) is 5.92 Å². The Bertz CT molecular complexity index is 990. The second-order valence-electron chi connectivity index (χ2n) is 7.59. The molecule has 2 aliphatic rings. The Morgan fingerprint density at radius 2 is 1.93 bits per heavy atom. The van der Waals surface area contributed by atoms with E-state index in [1.165, 1.54) is 0 Å². The fraction of sp³-hybridized carbons (Fsp3) is 0.348. The van der Waals surface area contributed by atoms with Crippen LogP contribution in [0.15, 0.2) is 47.4 Å². The van der Waals surface area contributed by atoms with Gasteiger partial charge in [-0.1, -0.05) is 6.92 Å². The maximum atomic E-state index is 12.7. The molecule has 156 valence electrons. The number of hydrogen-bond acceptors (Lipinski definition) is 4. The lowest BCUT2D eigenvalue weighted by atomic mass is 10.1. The Morgan fingerprint density at radius 1 is 1.17 bits per heavy atom. The molecule has 30 heavy (non-hydrogen) atoms. The first-order valence-electron chi connectivity index (χ1n) is 10.2. The summed E-state index contributed by atoms with van der Waals surface area (Å²) >= 11 is 1.65. The topological polar surface area (TPSA) is 69.7 Å². The van der Waals surface area contributed by atoms with Gasteiger partial charge in [-0.15, -0.1) is 11.8 Å². The molecule has 2 aromatic rings. The number of carbonyl (C=O) groups is 3. The highest BCUT2D eigenvalue weighted by molar-refractivity contribution is 7.98. The number of nitrogens with zero attached hydrogens (tertiary/aromatic N) is 2. The van der Waals surface area contributed by atoms with E-state index < -0.39 is 0 Å². The third kappa shape index (κ3) is 3.94. The van der Waals surface area contributed by atoms with Crippen molar-refractivity contribution in [2.45, 2.75) is 31.1 Å². The van der Waals surface area contributed by atoms with Crippen LogP contribution >= 0.6 is 11.8 Å². The van der Waals surface area contributed by atoms with E-state index in [2.05, 4.69) is 5.32 Å². The average molecular weight is 424 g/mol. The van der Waals surface area contributed by atoms with Crippen LogP contribution in [-0.2, 0) is 20.8 Å². The van der Waals surface area contributed by atoms with Gasteiger partial charge in [0, 0.05) is 47.9 Å². The lowest BCUT2D eigenvalue weighted by Gasteiger charge is -2.20. The third-order valence-electron chi connectivity index (χ3n) is 5.73. The van der Waals surface area contributed by atoms with Crippen molar-refractivity contribution in [1.29, 1.82) is 0 Å². The lowest BCUT2D eigenvalue weighted by molar-refractivity contribution is -0.122. The number of thioether (sulfide) groups is 1. The molecule has 4 rings (SSSR count). The Labute approximate surface area is 180 Å².